The lowest BCUT2D eigenvalue weighted by molar-refractivity contribution is 0.332. The van der Waals surface area contributed by atoms with Crippen molar-refractivity contribution in [3.05, 3.63) is 251 Å². The molecule has 0 bridgehead atoms. The van der Waals surface area contributed by atoms with Gasteiger partial charge in [0.05, 0.1) is 28.2 Å². The minimum atomic E-state index is -0.584. The van der Waals surface area contributed by atoms with Crippen LogP contribution in [0, 0.1) is 0 Å². The number of hydrogen-bond acceptors (Lipinski definition) is 4. The molecule has 0 radical (unpaired) electrons. The standard InChI is InChI=1S/C69H60BN3S/c1-66(2,3)47-36-37-62-51(40-47)64-65(74-62)70-56-43-54-55(68(6,7)39-38-67(54,4)5)44-59(56)71(48-28-16-10-17-29-48)60-41-50(42-61(63(60)70)73(64)49-30-18-11-19-31-49)72-57-34-22-20-32-52(57)69(45-24-12-8-13-25-45,46-26-14-9-15-27-46)53-33-21-23-35-58(53)72/h8-37,40-44H,38-39H2,1-7H3. The highest BCUT2D eigenvalue weighted by Gasteiger charge is 2.50. The molecule has 1 aliphatic carbocycles. The van der Waals surface area contributed by atoms with Crippen LogP contribution in [0.1, 0.15) is 100 Å². The van der Waals surface area contributed by atoms with E-state index in [0.29, 0.717) is 0 Å². The van der Waals surface area contributed by atoms with Crippen LogP contribution >= 0.6 is 11.3 Å². The largest absolute Gasteiger partial charge is 0.311 e. The molecule has 360 valence electrons. The Morgan fingerprint density at radius 2 is 0.905 bits per heavy atom. The van der Waals surface area contributed by atoms with Crippen molar-refractivity contribution in [2.75, 3.05) is 14.7 Å². The molecule has 14 rings (SSSR count). The molecular formula is C69H60BN3S. The highest BCUT2D eigenvalue weighted by molar-refractivity contribution is 7.33. The summed E-state index contributed by atoms with van der Waals surface area (Å²) in [6.45, 7) is 16.9. The van der Waals surface area contributed by atoms with Gasteiger partial charge in [-0.1, -0.05) is 194 Å². The molecule has 5 heteroatoms. The van der Waals surface area contributed by atoms with Crippen molar-refractivity contribution in [3.63, 3.8) is 0 Å². The fraction of sp³-hybridized carbons (Fsp3) is 0.188. The first-order chi connectivity index (χ1) is 35.8. The van der Waals surface area contributed by atoms with E-state index >= 15 is 0 Å². The predicted molar refractivity (Wildman–Crippen MR) is 316 cm³/mol. The van der Waals surface area contributed by atoms with E-state index in [-0.39, 0.29) is 23.0 Å². The maximum absolute atomic E-state index is 2.67. The Labute approximate surface area is 441 Å². The van der Waals surface area contributed by atoms with E-state index in [1.54, 1.807) is 0 Å². The summed E-state index contributed by atoms with van der Waals surface area (Å²) < 4.78 is 2.73. The monoisotopic (exact) mass is 973 g/mol. The Morgan fingerprint density at radius 3 is 1.46 bits per heavy atom. The summed E-state index contributed by atoms with van der Waals surface area (Å²) in [6.07, 6.45) is 2.31. The SMILES string of the molecule is CC(C)(C)c1ccc2sc3c(c2c1)N(c1ccccc1)c1cc(N2c4ccccc4C(c4ccccc4)(c4ccccc4)c4ccccc42)cc2c1B3c1cc3c(cc1N2c1ccccc1)C(C)(C)CCC3(C)C. The second kappa shape index (κ2) is 16.2. The van der Waals surface area contributed by atoms with E-state index in [0.717, 1.165) is 29.9 Å². The average molecular weight is 974 g/mol. The van der Waals surface area contributed by atoms with Crippen LogP contribution in [0.3, 0.4) is 0 Å². The smallest absolute Gasteiger partial charge is 0.264 e. The number of hydrogen-bond donors (Lipinski definition) is 0. The van der Waals surface area contributed by atoms with E-state index in [2.05, 4.69) is 275 Å². The molecule has 0 saturated carbocycles. The van der Waals surface area contributed by atoms with E-state index in [1.165, 1.54) is 98.9 Å². The Kier molecular flexibility index (Phi) is 9.86. The first kappa shape index (κ1) is 45.1. The van der Waals surface area contributed by atoms with Crippen LogP contribution in [-0.2, 0) is 21.7 Å². The third kappa shape index (κ3) is 6.45. The molecule has 0 amide bonds. The van der Waals surface area contributed by atoms with Gasteiger partial charge in [0.25, 0.3) is 6.71 Å². The summed E-state index contributed by atoms with van der Waals surface area (Å²) in [5.41, 5.74) is 22.3. The molecule has 4 aliphatic rings. The van der Waals surface area contributed by atoms with E-state index < -0.39 is 5.41 Å². The lowest BCUT2D eigenvalue weighted by Crippen LogP contribution is -2.61. The third-order valence-electron chi connectivity index (χ3n) is 17.3. The molecular weight excluding hydrogens is 914 g/mol. The van der Waals surface area contributed by atoms with Crippen molar-refractivity contribution in [3.8, 4) is 0 Å². The van der Waals surface area contributed by atoms with Crippen LogP contribution in [0.25, 0.3) is 10.1 Å². The van der Waals surface area contributed by atoms with Gasteiger partial charge in [-0.15, -0.1) is 11.3 Å². The van der Waals surface area contributed by atoms with Crippen molar-refractivity contribution in [2.45, 2.75) is 83.0 Å². The first-order valence-electron chi connectivity index (χ1n) is 26.6. The van der Waals surface area contributed by atoms with Gasteiger partial charge in [0.1, 0.15) is 0 Å². The summed E-state index contributed by atoms with van der Waals surface area (Å²) >= 11 is 1.99. The molecule has 9 aromatic carbocycles. The number of fused-ring (bicyclic) bond motifs is 9. The van der Waals surface area contributed by atoms with Gasteiger partial charge in [-0.3, -0.25) is 0 Å². The van der Waals surface area contributed by atoms with Crippen LogP contribution in [0.2, 0.25) is 0 Å². The van der Waals surface area contributed by atoms with Crippen LogP contribution < -0.4 is 30.4 Å². The molecule has 0 atom stereocenters. The Morgan fingerprint density at radius 1 is 0.432 bits per heavy atom. The highest BCUT2D eigenvalue weighted by Crippen LogP contribution is 2.60. The van der Waals surface area contributed by atoms with Gasteiger partial charge < -0.3 is 14.7 Å². The van der Waals surface area contributed by atoms with Gasteiger partial charge in [-0.25, -0.2) is 0 Å². The highest BCUT2D eigenvalue weighted by atomic mass is 32.1. The van der Waals surface area contributed by atoms with E-state index in [9.17, 15) is 0 Å². The zero-order chi connectivity index (χ0) is 50.3. The van der Waals surface area contributed by atoms with Crippen molar-refractivity contribution in [1.82, 2.24) is 0 Å². The summed E-state index contributed by atoms with van der Waals surface area (Å²) in [5.74, 6) is 0. The predicted octanol–water partition coefficient (Wildman–Crippen LogP) is 16.8. The summed E-state index contributed by atoms with van der Waals surface area (Å²) in [7, 11) is 0. The van der Waals surface area contributed by atoms with Gasteiger partial charge in [-0.2, -0.15) is 0 Å². The average Bonchev–Trinajstić information content (AvgIpc) is 3.80. The second-order valence-corrected chi connectivity index (χ2v) is 24.6. The fourth-order valence-corrected chi connectivity index (χ4v) is 14.8. The molecule has 4 heterocycles. The molecule has 3 aliphatic heterocycles. The topological polar surface area (TPSA) is 9.72 Å². The fourth-order valence-electron chi connectivity index (χ4n) is 13.5. The summed E-state index contributed by atoms with van der Waals surface area (Å²) in [4.78, 5) is 7.85. The molecule has 3 nitrogen and oxygen atoms in total. The van der Waals surface area contributed by atoms with Gasteiger partial charge in [-0.05, 0) is 146 Å². The normalized spacial score (nSPS) is 16.4. The first-order valence-corrected chi connectivity index (χ1v) is 27.4. The second-order valence-electron chi connectivity index (χ2n) is 23.5. The van der Waals surface area contributed by atoms with E-state index in [4.69, 9.17) is 0 Å². The molecule has 0 fully saturated rings. The number of thiophene rings is 1. The minimum Gasteiger partial charge on any atom is -0.311 e. The maximum atomic E-state index is 2.67. The maximum Gasteiger partial charge on any atom is 0.264 e. The molecule has 0 unspecified atom stereocenters. The number of nitrogens with zero attached hydrogens (tertiary/aromatic N) is 3. The number of para-hydroxylation sites is 4. The van der Waals surface area contributed by atoms with Crippen LogP contribution in [0.4, 0.5) is 51.2 Å². The molecule has 0 saturated heterocycles. The van der Waals surface area contributed by atoms with Crippen molar-refractivity contribution in [1.29, 1.82) is 0 Å². The van der Waals surface area contributed by atoms with Crippen LogP contribution in [-0.4, -0.2) is 6.71 Å². The molecule has 74 heavy (non-hydrogen) atoms. The molecule has 10 aromatic rings. The van der Waals surface area contributed by atoms with Gasteiger partial charge in [0, 0.05) is 43.3 Å². The zero-order valence-corrected chi connectivity index (χ0v) is 44.3. The van der Waals surface area contributed by atoms with Crippen LogP contribution in [0.15, 0.2) is 212 Å². The van der Waals surface area contributed by atoms with Gasteiger partial charge in [0.2, 0.25) is 0 Å². The lowest BCUT2D eigenvalue weighted by atomic mass is 9.35. The Hall–Kier alpha value is -7.60. The molecule has 0 spiro atoms. The quantitative estimate of drug-likeness (QED) is 0.159. The van der Waals surface area contributed by atoms with Crippen LogP contribution in [0.5, 0.6) is 0 Å². The molecule has 1 aromatic heterocycles. The summed E-state index contributed by atoms with van der Waals surface area (Å²) in [6, 6.07) is 80.8. The molecule has 0 N–H and O–H groups in total. The van der Waals surface area contributed by atoms with Gasteiger partial charge >= 0.3 is 0 Å². The Bertz CT molecular complexity index is 3760. The lowest BCUT2D eigenvalue weighted by Gasteiger charge is -2.48. The number of anilines is 9. The van der Waals surface area contributed by atoms with Crippen molar-refractivity contribution >= 4 is 95.0 Å². The Balaban J connectivity index is 1.13. The number of rotatable bonds is 5. The summed E-state index contributed by atoms with van der Waals surface area (Å²) in [5, 5.41) is 1.31. The minimum absolute atomic E-state index is 0.00895. The van der Waals surface area contributed by atoms with E-state index in [1.807, 2.05) is 11.3 Å². The van der Waals surface area contributed by atoms with Crippen molar-refractivity contribution in [2.24, 2.45) is 0 Å². The zero-order valence-electron chi connectivity index (χ0n) is 43.4. The third-order valence-corrected chi connectivity index (χ3v) is 18.5. The van der Waals surface area contributed by atoms with Gasteiger partial charge in [0.15, 0.2) is 0 Å². The van der Waals surface area contributed by atoms with Crippen molar-refractivity contribution < 1.29 is 0 Å². The number of benzene rings is 9.